The predicted molar refractivity (Wildman–Crippen MR) is 102 cm³/mol. The van der Waals surface area contributed by atoms with Crippen molar-refractivity contribution in [1.82, 2.24) is 24.6 Å². The van der Waals surface area contributed by atoms with Gasteiger partial charge in [0.15, 0.2) is 11.6 Å². The molecule has 0 fully saturated rings. The Morgan fingerprint density at radius 1 is 1.23 bits per heavy atom. The molecule has 0 N–H and O–H groups in total. The zero-order valence-corrected chi connectivity index (χ0v) is 16.4. The van der Waals surface area contributed by atoms with E-state index in [1.807, 2.05) is 6.92 Å². The van der Waals surface area contributed by atoms with Crippen molar-refractivity contribution in [3.8, 4) is 17.3 Å². The van der Waals surface area contributed by atoms with Crippen LogP contribution in [0.2, 0.25) is 0 Å². The number of hydrogen-bond acceptors (Lipinski definition) is 6. The normalized spacial score (nSPS) is 17.3. The largest absolute Gasteiger partial charge is 0.496 e. The van der Waals surface area contributed by atoms with Crippen molar-refractivity contribution in [3.05, 3.63) is 45.5 Å². The number of rotatable bonds is 4. The molecule has 3 heterocycles. The zero-order valence-electron chi connectivity index (χ0n) is 15.6. The van der Waals surface area contributed by atoms with Gasteiger partial charge in [-0.3, -0.25) is 4.90 Å². The van der Waals surface area contributed by atoms with Gasteiger partial charge in [-0.15, -0.1) is 21.5 Å². The van der Waals surface area contributed by atoms with Gasteiger partial charge >= 0.3 is 0 Å². The SMILES string of the molecule is COc1cc(C)ccc1CN1CCn2c(-c3csc(C)n3)nnc2[C@@H]1C. The van der Waals surface area contributed by atoms with Crippen LogP contribution in [0.3, 0.4) is 0 Å². The maximum absolute atomic E-state index is 5.57. The molecule has 2 aromatic heterocycles. The summed E-state index contributed by atoms with van der Waals surface area (Å²) in [5, 5.41) is 12.0. The van der Waals surface area contributed by atoms with Gasteiger partial charge in [0.05, 0.1) is 18.2 Å². The van der Waals surface area contributed by atoms with Crippen LogP contribution in [0.1, 0.15) is 34.9 Å². The standard InChI is InChI=1S/C19H23N5OS/c1-12-5-6-15(17(9-12)25-4)10-23-7-8-24-18(13(23)2)21-22-19(24)16-11-26-14(3)20-16/h5-6,9,11,13H,7-8,10H2,1-4H3/t13-/m0/s1. The first kappa shape index (κ1) is 17.2. The number of benzene rings is 1. The quantitative estimate of drug-likeness (QED) is 0.703. The molecule has 7 heteroatoms. The second-order valence-corrected chi connectivity index (χ2v) is 7.81. The van der Waals surface area contributed by atoms with Crippen molar-refractivity contribution in [2.45, 2.75) is 39.9 Å². The van der Waals surface area contributed by atoms with Crippen LogP contribution in [-0.2, 0) is 13.1 Å². The molecular weight excluding hydrogens is 346 g/mol. The summed E-state index contributed by atoms with van der Waals surface area (Å²) in [5.41, 5.74) is 3.33. The minimum absolute atomic E-state index is 0.191. The molecule has 0 amide bonds. The second-order valence-electron chi connectivity index (χ2n) is 6.75. The van der Waals surface area contributed by atoms with E-state index in [9.17, 15) is 0 Å². The highest BCUT2D eigenvalue weighted by atomic mass is 32.1. The number of ether oxygens (including phenoxy) is 1. The minimum Gasteiger partial charge on any atom is -0.496 e. The number of aromatic nitrogens is 4. The Morgan fingerprint density at radius 2 is 2.08 bits per heavy atom. The molecule has 26 heavy (non-hydrogen) atoms. The van der Waals surface area contributed by atoms with Crippen LogP contribution in [0.5, 0.6) is 5.75 Å². The number of fused-ring (bicyclic) bond motifs is 1. The Labute approximate surface area is 157 Å². The van der Waals surface area contributed by atoms with Gasteiger partial charge in [0.25, 0.3) is 0 Å². The van der Waals surface area contributed by atoms with Crippen LogP contribution in [0, 0.1) is 13.8 Å². The van der Waals surface area contributed by atoms with Crippen molar-refractivity contribution < 1.29 is 4.74 Å². The van der Waals surface area contributed by atoms with Crippen molar-refractivity contribution in [1.29, 1.82) is 0 Å². The predicted octanol–water partition coefficient (Wildman–Crippen LogP) is 3.60. The minimum atomic E-state index is 0.191. The van der Waals surface area contributed by atoms with Crippen LogP contribution in [0.15, 0.2) is 23.6 Å². The highest BCUT2D eigenvalue weighted by molar-refractivity contribution is 7.09. The monoisotopic (exact) mass is 369 g/mol. The fourth-order valence-corrected chi connectivity index (χ4v) is 4.09. The molecule has 0 aliphatic carbocycles. The summed E-state index contributed by atoms with van der Waals surface area (Å²) in [4.78, 5) is 6.99. The molecule has 0 saturated carbocycles. The van der Waals surface area contributed by atoms with E-state index in [2.05, 4.69) is 62.1 Å². The molecule has 1 atom stereocenters. The van der Waals surface area contributed by atoms with E-state index in [1.54, 1.807) is 18.4 Å². The summed E-state index contributed by atoms with van der Waals surface area (Å²) < 4.78 is 7.78. The lowest BCUT2D eigenvalue weighted by atomic mass is 10.1. The van der Waals surface area contributed by atoms with Crippen LogP contribution >= 0.6 is 11.3 Å². The Morgan fingerprint density at radius 3 is 2.81 bits per heavy atom. The van der Waals surface area contributed by atoms with E-state index in [1.165, 1.54) is 11.1 Å². The maximum Gasteiger partial charge on any atom is 0.183 e. The molecule has 136 valence electrons. The van der Waals surface area contributed by atoms with Crippen LogP contribution in [-0.4, -0.2) is 38.3 Å². The van der Waals surface area contributed by atoms with Crippen molar-refractivity contribution in [2.24, 2.45) is 0 Å². The van der Waals surface area contributed by atoms with E-state index in [-0.39, 0.29) is 6.04 Å². The van der Waals surface area contributed by atoms with Gasteiger partial charge in [0.2, 0.25) is 0 Å². The van der Waals surface area contributed by atoms with Gasteiger partial charge in [-0.05, 0) is 32.4 Å². The summed E-state index contributed by atoms with van der Waals surface area (Å²) in [5.74, 6) is 2.83. The maximum atomic E-state index is 5.57. The smallest absolute Gasteiger partial charge is 0.183 e. The van der Waals surface area contributed by atoms with E-state index >= 15 is 0 Å². The number of thiazole rings is 1. The lowest BCUT2D eigenvalue weighted by molar-refractivity contribution is 0.155. The third kappa shape index (κ3) is 3.01. The van der Waals surface area contributed by atoms with E-state index in [4.69, 9.17) is 4.74 Å². The molecule has 1 aromatic carbocycles. The van der Waals surface area contributed by atoms with Crippen LogP contribution in [0.25, 0.3) is 11.5 Å². The molecule has 0 radical (unpaired) electrons. The zero-order chi connectivity index (χ0) is 18.3. The van der Waals surface area contributed by atoms with E-state index in [0.29, 0.717) is 0 Å². The average molecular weight is 369 g/mol. The summed E-state index contributed by atoms with van der Waals surface area (Å²) in [6.45, 7) is 8.94. The molecule has 6 nitrogen and oxygen atoms in total. The molecule has 3 aromatic rings. The summed E-state index contributed by atoms with van der Waals surface area (Å²) in [6, 6.07) is 6.58. The topological polar surface area (TPSA) is 56.1 Å². The molecule has 4 rings (SSSR count). The second kappa shape index (κ2) is 6.81. The van der Waals surface area contributed by atoms with Gasteiger partial charge in [0, 0.05) is 30.6 Å². The first-order chi connectivity index (χ1) is 12.6. The molecule has 0 spiro atoms. The fraction of sp³-hybridized carbons (Fsp3) is 0.421. The summed E-state index contributed by atoms with van der Waals surface area (Å²) in [7, 11) is 1.73. The van der Waals surface area contributed by atoms with Crippen molar-refractivity contribution in [2.75, 3.05) is 13.7 Å². The lowest BCUT2D eigenvalue weighted by Gasteiger charge is -2.34. The first-order valence-corrected chi connectivity index (χ1v) is 9.68. The van der Waals surface area contributed by atoms with E-state index in [0.717, 1.165) is 47.7 Å². The average Bonchev–Trinajstić information content (AvgIpc) is 3.25. The van der Waals surface area contributed by atoms with Gasteiger partial charge < -0.3 is 9.30 Å². The number of aryl methyl sites for hydroxylation is 2. The summed E-state index contributed by atoms with van der Waals surface area (Å²) in [6.07, 6.45) is 0. The molecule has 1 aliphatic heterocycles. The molecule has 0 saturated heterocycles. The Hall–Kier alpha value is -2.25. The number of hydrogen-bond donors (Lipinski definition) is 0. The molecule has 1 aliphatic rings. The fourth-order valence-electron chi connectivity index (χ4n) is 3.50. The molecular formula is C19H23N5OS. The van der Waals surface area contributed by atoms with Gasteiger partial charge in [-0.25, -0.2) is 4.98 Å². The lowest BCUT2D eigenvalue weighted by Crippen LogP contribution is -2.36. The molecule has 0 bridgehead atoms. The van der Waals surface area contributed by atoms with Crippen LogP contribution < -0.4 is 4.74 Å². The van der Waals surface area contributed by atoms with Gasteiger partial charge in [-0.2, -0.15) is 0 Å². The van der Waals surface area contributed by atoms with Gasteiger partial charge in [0.1, 0.15) is 11.4 Å². The van der Waals surface area contributed by atoms with Gasteiger partial charge in [-0.1, -0.05) is 12.1 Å². The molecule has 0 unspecified atom stereocenters. The highest BCUT2D eigenvalue weighted by Crippen LogP contribution is 2.31. The Bertz CT molecular complexity index is 932. The van der Waals surface area contributed by atoms with E-state index < -0.39 is 0 Å². The highest BCUT2D eigenvalue weighted by Gasteiger charge is 2.29. The van der Waals surface area contributed by atoms with Crippen molar-refractivity contribution in [3.63, 3.8) is 0 Å². The van der Waals surface area contributed by atoms with Crippen LogP contribution in [0.4, 0.5) is 0 Å². The first-order valence-electron chi connectivity index (χ1n) is 8.80. The number of methoxy groups -OCH3 is 1. The third-order valence-electron chi connectivity index (χ3n) is 4.98. The summed E-state index contributed by atoms with van der Waals surface area (Å²) >= 11 is 1.65. The third-order valence-corrected chi connectivity index (χ3v) is 5.75. The van der Waals surface area contributed by atoms with Crippen molar-refractivity contribution >= 4 is 11.3 Å². The number of nitrogens with zero attached hydrogens (tertiary/aromatic N) is 5. The Balaban J connectivity index is 1.59. The Kier molecular flexibility index (Phi) is 4.50.